The van der Waals surface area contributed by atoms with Gasteiger partial charge in [-0.25, -0.2) is 19.2 Å². The van der Waals surface area contributed by atoms with Crippen molar-refractivity contribution in [1.82, 2.24) is 0 Å². The molecule has 0 bridgehead atoms. The van der Waals surface area contributed by atoms with E-state index < -0.39 is 23.9 Å². The Morgan fingerprint density at radius 3 is 1.40 bits per heavy atom. The third-order valence-corrected chi connectivity index (χ3v) is 7.69. The van der Waals surface area contributed by atoms with Crippen LogP contribution in [0.1, 0.15) is 45.7 Å². The van der Waals surface area contributed by atoms with E-state index in [4.69, 9.17) is 23.7 Å². The van der Waals surface area contributed by atoms with Crippen LogP contribution < -0.4 is 23.7 Å². The van der Waals surface area contributed by atoms with Crippen LogP contribution in [0.2, 0.25) is 0 Å². The van der Waals surface area contributed by atoms with Crippen molar-refractivity contribution in [2.24, 2.45) is 0 Å². The van der Waals surface area contributed by atoms with Crippen LogP contribution >= 0.6 is 0 Å². The standard InChI is InChI=1S/C46H42O9/c1-10-11-24-51-40-25-33(16-21-37(40)36-20-23-39(53-44(48)29(4)5)42(27-36)55-46(50)31(8)9)13-12-32-14-17-34(18-15-32)35-19-22-38(52-43(47)28(2)3)41(26-35)54-45(49)30(6)7/h10-23,25-27H,2,4,6,8,24H2,1,3,5,7,9H3/b11-10+,13-12+. The highest BCUT2D eigenvalue weighted by Gasteiger charge is 2.19. The number of ether oxygens (including phenoxy) is 5. The molecule has 0 fully saturated rings. The molecule has 4 aromatic carbocycles. The van der Waals surface area contributed by atoms with Gasteiger partial charge < -0.3 is 23.7 Å². The van der Waals surface area contributed by atoms with E-state index in [2.05, 4.69) is 26.3 Å². The molecule has 0 radical (unpaired) electrons. The molecule has 55 heavy (non-hydrogen) atoms. The molecule has 0 N–H and O–H groups in total. The predicted octanol–water partition coefficient (Wildman–Crippen LogP) is 10.1. The van der Waals surface area contributed by atoms with Gasteiger partial charge in [0.25, 0.3) is 0 Å². The van der Waals surface area contributed by atoms with E-state index in [0.717, 1.165) is 22.3 Å². The molecule has 0 amide bonds. The van der Waals surface area contributed by atoms with Gasteiger partial charge in [0.2, 0.25) is 0 Å². The fourth-order valence-corrected chi connectivity index (χ4v) is 4.65. The van der Waals surface area contributed by atoms with Gasteiger partial charge in [-0.2, -0.15) is 0 Å². The highest BCUT2D eigenvalue weighted by Crippen LogP contribution is 2.38. The van der Waals surface area contributed by atoms with Gasteiger partial charge >= 0.3 is 23.9 Å². The third-order valence-electron chi connectivity index (χ3n) is 7.69. The van der Waals surface area contributed by atoms with E-state index in [-0.39, 0.29) is 45.3 Å². The fourth-order valence-electron chi connectivity index (χ4n) is 4.65. The normalized spacial score (nSPS) is 10.8. The molecule has 0 aliphatic rings. The lowest BCUT2D eigenvalue weighted by molar-refractivity contribution is -0.132. The van der Waals surface area contributed by atoms with Crippen LogP contribution in [0, 0.1) is 0 Å². The summed E-state index contributed by atoms with van der Waals surface area (Å²) in [6, 6.07) is 23.3. The third kappa shape index (κ3) is 11.2. The summed E-state index contributed by atoms with van der Waals surface area (Å²) in [5.41, 5.74) is 5.45. The molecular weight excluding hydrogens is 696 g/mol. The summed E-state index contributed by atoms with van der Waals surface area (Å²) in [5, 5.41) is 0. The lowest BCUT2D eigenvalue weighted by Crippen LogP contribution is -2.12. The Morgan fingerprint density at radius 1 is 0.491 bits per heavy atom. The summed E-state index contributed by atoms with van der Waals surface area (Å²) in [5.74, 6) is -1.80. The number of benzene rings is 4. The van der Waals surface area contributed by atoms with Gasteiger partial charge in [-0.1, -0.05) is 99.2 Å². The highest BCUT2D eigenvalue weighted by atomic mass is 16.6. The van der Waals surface area contributed by atoms with Crippen LogP contribution in [0.3, 0.4) is 0 Å². The van der Waals surface area contributed by atoms with Crippen LogP contribution in [-0.2, 0) is 19.2 Å². The van der Waals surface area contributed by atoms with Crippen molar-refractivity contribution in [2.75, 3.05) is 6.61 Å². The fraction of sp³-hybridized carbons (Fsp3) is 0.130. The maximum atomic E-state index is 12.5. The zero-order valence-electron chi connectivity index (χ0n) is 31.5. The molecule has 280 valence electrons. The summed E-state index contributed by atoms with van der Waals surface area (Å²) >= 11 is 0. The molecule has 0 aromatic heterocycles. The molecule has 0 saturated heterocycles. The molecule has 0 saturated carbocycles. The van der Waals surface area contributed by atoms with Gasteiger partial charge in [-0.15, -0.1) is 0 Å². The number of hydrogen-bond acceptors (Lipinski definition) is 9. The first-order chi connectivity index (χ1) is 26.2. The Morgan fingerprint density at radius 2 is 0.909 bits per heavy atom. The maximum absolute atomic E-state index is 12.5. The molecule has 0 heterocycles. The quantitative estimate of drug-likeness (QED) is 0.0386. The number of allylic oxidation sites excluding steroid dienone is 1. The average Bonchev–Trinajstić information content (AvgIpc) is 3.15. The number of carbonyl (C=O) groups excluding carboxylic acids is 4. The SMILES string of the molecule is C=C(C)C(=O)Oc1ccc(-c2ccc(/C=C/c3ccc(-c4ccc(OC(=O)C(=C)C)c(OC(=O)C(=C)C)c4)c(OC/C=C/C)c3)cc2)cc1OC(=O)C(=C)C. The van der Waals surface area contributed by atoms with Crippen LogP contribution in [0.15, 0.2) is 140 Å². The van der Waals surface area contributed by atoms with Gasteiger partial charge in [0.15, 0.2) is 23.0 Å². The van der Waals surface area contributed by atoms with Crippen molar-refractivity contribution < 1.29 is 42.9 Å². The summed E-state index contributed by atoms with van der Waals surface area (Å²) in [6.07, 6.45) is 7.66. The topological polar surface area (TPSA) is 114 Å². The second kappa shape index (κ2) is 18.7. The molecule has 0 unspecified atom stereocenters. The maximum Gasteiger partial charge on any atom is 0.338 e. The van der Waals surface area contributed by atoms with Crippen molar-refractivity contribution in [3.05, 3.63) is 151 Å². The van der Waals surface area contributed by atoms with E-state index in [1.807, 2.05) is 73.7 Å². The lowest BCUT2D eigenvalue weighted by Gasteiger charge is -2.15. The van der Waals surface area contributed by atoms with Crippen LogP contribution in [0.4, 0.5) is 0 Å². The largest absolute Gasteiger partial charge is 0.489 e. The zero-order valence-corrected chi connectivity index (χ0v) is 31.5. The predicted molar refractivity (Wildman–Crippen MR) is 215 cm³/mol. The summed E-state index contributed by atoms with van der Waals surface area (Å²) in [6.45, 7) is 22.8. The Balaban J connectivity index is 1.63. The first kappa shape index (κ1) is 40.8. The van der Waals surface area contributed by atoms with E-state index in [9.17, 15) is 19.2 Å². The van der Waals surface area contributed by atoms with Gasteiger partial charge in [-0.3, -0.25) is 0 Å². The number of carbonyl (C=O) groups is 4. The Kier molecular flexibility index (Phi) is 13.8. The summed E-state index contributed by atoms with van der Waals surface area (Å²) < 4.78 is 28.0. The average molecular weight is 739 g/mol. The molecule has 0 atom stereocenters. The molecule has 0 aliphatic heterocycles. The number of rotatable bonds is 15. The zero-order chi connectivity index (χ0) is 40.2. The molecule has 0 spiro atoms. The van der Waals surface area contributed by atoms with E-state index in [0.29, 0.717) is 23.5 Å². The van der Waals surface area contributed by atoms with E-state index >= 15 is 0 Å². The van der Waals surface area contributed by atoms with Gasteiger partial charge in [0.05, 0.1) is 0 Å². The second-order valence-corrected chi connectivity index (χ2v) is 12.6. The lowest BCUT2D eigenvalue weighted by atomic mass is 10.0. The van der Waals surface area contributed by atoms with Gasteiger partial charge in [-0.05, 0) is 92.8 Å². The number of hydrogen-bond donors (Lipinski definition) is 0. The molecule has 9 nitrogen and oxygen atoms in total. The monoisotopic (exact) mass is 738 g/mol. The Labute approximate surface area is 321 Å². The smallest absolute Gasteiger partial charge is 0.338 e. The second-order valence-electron chi connectivity index (χ2n) is 12.6. The Bertz CT molecular complexity index is 2250. The van der Waals surface area contributed by atoms with Gasteiger partial charge in [0.1, 0.15) is 12.4 Å². The highest BCUT2D eigenvalue weighted by molar-refractivity contribution is 5.93. The van der Waals surface area contributed by atoms with Gasteiger partial charge in [0, 0.05) is 27.9 Å². The van der Waals surface area contributed by atoms with Crippen LogP contribution in [-0.4, -0.2) is 30.5 Å². The molecule has 4 aromatic rings. The summed E-state index contributed by atoms with van der Waals surface area (Å²) in [7, 11) is 0. The van der Waals surface area contributed by atoms with Crippen molar-refractivity contribution in [2.45, 2.75) is 34.6 Å². The van der Waals surface area contributed by atoms with Crippen LogP contribution in [0.5, 0.6) is 28.7 Å². The summed E-state index contributed by atoms with van der Waals surface area (Å²) in [4.78, 5) is 49.3. The first-order valence-electron chi connectivity index (χ1n) is 17.1. The van der Waals surface area contributed by atoms with Crippen molar-refractivity contribution >= 4 is 36.0 Å². The Hall–Kier alpha value is -7.00. The minimum Gasteiger partial charge on any atom is -0.489 e. The molecular formula is C46H42O9. The van der Waals surface area contributed by atoms with Crippen molar-refractivity contribution in [1.29, 1.82) is 0 Å². The van der Waals surface area contributed by atoms with Crippen molar-refractivity contribution in [3.8, 4) is 51.0 Å². The minimum atomic E-state index is -0.670. The molecule has 9 heteroatoms. The minimum absolute atomic E-state index is 0.0400. The van der Waals surface area contributed by atoms with E-state index in [1.54, 1.807) is 36.4 Å². The first-order valence-corrected chi connectivity index (χ1v) is 17.1. The van der Waals surface area contributed by atoms with Crippen molar-refractivity contribution in [3.63, 3.8) is 0 Å². The van der Waals surface area contributed by atoms with E-state index in [1.165, 1.54) is 27.7 Å². The van der Waals surface area contributed by atoms with Crippen LogP contribution in [0.25, 0.3) is 34.4 Å². The molecule has 0 aliphatic carbocycles. The molecule has 4 rings (SSSR count). The number of esters is 4.